The van der Waals surface area contributed by atoms with E-state index < -0.39 is 10.0 Å². The molecule has 1 aromatic carbocycles. The number of sulfonamides is 1. The highest BCUT2D eigenvalue weighted by atomic mass is 32.2. The summed E-state index contributed by atoms with van der Waals surface area (Å²) in [7, 11) is -2.03. The normalized spacial score (nSPS) is 11.5. The zero-order valence-corrected chi connectivity index (χ0v) is 11.1. The third-order valence-corrected chi connectivity index (χ3v) is 3.96. The standard InChI is InChI=1S/C11H18N2O3S/c1-8-7-11(17(14,15)13-3)9(2)6-10(8)16-5-4-12/h6-7,13H,4-5,12H2,1-3H3. The van der Waals surface area contributed by atoms with E-state index in [1.165, 1.54) is 7.05 Å². The van der Waals surface area contributed by atoms with E-state index in [0.717, 1.165) is 5.56 Å². The molecule has 0 bridgehead atoms. The van der Waals surface area contributed by atoms with Crippen LogP contribution in [0.25, 0.3) is 0 Å². The van der Waals surface area contributed by atoms with E-state index in [9.17, 15) is 8.42 Å². The summed E-state index contributed by atoms with van der Waals surface area (Å²) >= 11 is 0. The lowest BCUT2D eigenvalue weighted by Crippen LogP contribution is -2.20. The molecular weight excluding hydrogens is 240 g/mol. The molecule has 6 heteroatoms. The molecule has 96 valence electrons. The lowest BCUT2D eigenvalue weighted by Gasteiger charge is -2.12. The van der Waals surface area contributed by atoms with Crippen molar-refractivity contribution in [2.24, 2.45) is 5.73 Å². The van der Waals surface area contributed by atoms with Gasteiger partial charge in [-0.2, -0.15) is 0 Å². The Balaban J connectivity index is 3.19. The first-order chi connectivity index (χ1) is 7.92. The molecule has 17 heavy (non-hydrogen) atoms. The predicted molar refractivity (Wildman–Crippen MR) is 66.7 cm³/mol. The lowest BCUT2D eigenvalue weighted by atomic mass is 10.1. The van der Waals surface area contributed by atoms with Gasteiger partial charge in [-0.3, -0.25) is 0 Å². The summed E-state index contributed by atoms with van der Waals surface area (Å²) in [6, 6.07) is 3.32. The van der Waals surface area contributed by atoms with Crippen LogP contribution in [-0.4, -0.2) is 28.6 Å². The highest BCUT2D eigenvalue weighted by molar-refractivity contribution is 7.89. The van der Waals surface area contributed by atoms with Crippen molar-refractivity contribution >= 4 is 10.0 Å². The molecule has 1 aromatic rings. The average Bonchev–Trinajstić information content (AvgIpc) is 2.29. The molecular formula is C11H18N2O3S. The fraction of sp³-hybridized carbons (Fsp3) is 0.455. The molecule has 0 aliphatic rings. The first kappa shape index (κ1) is 14.0. The molecule has 0 atom stereocenters. The molecule has 0 radical (unpaired) electrons. The van der Waals surface area contributed by atoms with Crippen LogP contribution in [0.1, 0.15) is 11.1 Å². The van der Waals surface area contributed by atoms with Crippen molar-refractivity contribution in [3.8, 4) is 5.75 Å². The lowest BCUT2D eigenvalue weighted by molar-refractivity contribution is 0.325. The van der Waals surface area contributed by atoms with E-state index in [-0.39, 0.29) is 4.90 Å². The SMILES string of the molecule is CNS(=O)(=O)c1cc(C)c(OCCN)cc1C. The van der Waals surface area contributed by atoms with Gasteiger partial charge in [0.15, 0.2) is 0 Å². The minimum atomic E-state index is -3.42. The molecule has 0 amide bonds. The summed E-state index contributed by atoms with van der Waals surface area (Å²) in [5.41, 5.74) is 6.78. The van der Waals surface area contributed by atoms with Crippen molar-refractivity contribution in [3.05, 3.63) is 23.3 Å². The Morgan fingerprint density at radius 2 is 1.94 bits per heavy atom. The first-order valence-electron chi connectivity index (χ1n) is 5.30. The van der Waals surface area contributed by atoms with E-state index in [1.807, 2.05) is 0 Å². The molecule has 0 heterocycles. The van der Waals surface area contributed by atoms with Gasteiger partial charge >= 0.3 is 0 Å². The highest BCUT2D eigenvalue weighted by Gasteiger charge is 2.16. The number of benzene rings is 1. The van der Waals surface area contributed by atoms with Crippen LogP contribution in [-0.2, 0) is 10.0 Å². The van der Waals surface area contributed by atoms with Gasteiger partial charge < -0.3 is 10.5 Å². The van der Waals surface area contributed by atoms with Crippen molar-refractivity contribution < 1.29 is 13.2 Å². The number of nitrogens with two attached hydrogens (primary N) is 1. The van der Waals surface area contributed by atoms with Gasteiger partial charge in [-0.15, -0.1) is 0 Å². The van der Waals surface area contributed by atoms with Gasteiger partial charge in [0.05, 0.1) is 4.90 Å². The van der Waals surface area contributed by atoms with Gasteiger partial charge in [0, 0.05) is 6.54 Å². The second-order valence-corrected chi connectivity index (χ2v) is 5.58. The largest absolute Gasteiger partial charge is 0.492 e. The molecule has 5 nitrogen and oxygen atoms in total. The average molecular weight is 258 g/mol. The summed E-state index contributed by atoms with van der Waals surface area (Å²) in [5, 5.41) is 0. The van der Waals surface area contributed by atoms with Crippen LogP contribution < -0.4 is 15.2 Å². The van der Waals surface area contributed by atoms with Crippen LogP contribution in [0.2, 0.25) is 0 Å². The van der Waals surface area contributed by atoms with E-state index in [2.05, 4.69) is 4.72 Å². The Hall–Kier alpha value is -1.11. The molecule has 0 spiro atoms. The summed E-state index contributed by atoms with van der Waals surface area (Å²) in [6.45, 7) is 4.38. The van der Waals surface area contributed by atoms with Gasteiger partial charge in [-0.1, -0.05) is 0 Å². The van der Waals surface area contributed by atoms with Crippen molar-refractivity contribution in [1.29, 1.82) is 0 Å². The number of hydrogen-bond donors (Lipinski definition) is 2. The predicted octanol–water partition coefficient (Wildman–Crippen LogP) is 0.549. The molecule has 1 rings (SSSR count). The van der Waals surface area contributed by atoms with Gasteiger partial charge in [-0.05, 0) is 44.2 Å². The molecule has 3 N–H and O–H groups in total. The first-order valence-corrected chi connectivity index (χ1v) is 6.78. The van der Waals surface area contributed by atoms with E-state index >= 15 is 0 Å². The second kappa shape index (κ2) is 5.48. The summed E-state index contributed by atoms with van der Waals surface area (Å²) < 4.78 is 31.2. The number of nitrogens with one attached hydrogen (secondary N) is 1. The molecule has 0 fully saturated rings. The van der Waals surface area contributed by atoms with Crippen LogP contribution in [0.3, 0.4) is 0 Å². The van der Waals surface area contributed by atoms with Crippen molar-refractivity contribution in [2.45, 2.75) is 18.7 Å². The van der Waals surface area contributed by atoms with E-state index in [4.69, 9.17) is 10.5 Å². The fourth-order valence-corrected chi connectivity index (χ4v) is 2.52. The van der Waals surface area contributed by atoms with Crippen molar-refractivity contribution in [3.63, 3.8) is 0 Å². The zero-order valence-electron chi connectivity index (χ0n) is 10.3. The second-order valence-electron chi connectivity index (χ2n) is 3.73. The minimum absolute atomic E-state index is 0.276. The van der Waals surface area contributed by atoms with Crippen LogP contribution in [0, 0.1) is 13.8 Å². The smallest absolute Gasteiger partial charge is 0.240 e. The monoisotopic (exact) mass is 258 g/mol. The molecule has 0 aliphatic heterocycles. The summed E-state index contributed by atoms with van der Waals surface area (Å²) in [4.78, 5) is 0.276. The molecule has 0 saturated heterocycles. The Labute approximate surface area is 102 Å². The Morgan fingerprint density at radius 1 is 1.29 bits per heavy atom. The third-order valence-electron chi connectivity index (χ3n) is 2.41. The summed E-state index contributed by atoms with van der Waals surface area (Å²) in [6.07, 6.45) is 0. The maximum atomic E-state index is 11.7. The number of hydrogen-bond acceptors (Lipinski definition) is 4. The number of ether oxygens (including phenoxy) is 1. The minimum Gasteiger partial charge on any atom is -0.492 e. The van der Waals surface area contributed by atoms with Crippen LogP contribution in [0.4, 0.5) is 0 Å². The third kappa shape index (κ3) is 3.18. The summed E-state index contributed by atoms with van der Waals surface area (Å²) in [5.74, 6) is 0.669. The number of aryl methyl sites for hydroxylation is 2. The highest BCUT2D eigenvalue weighted by Crippen LogP contribution is 2.25. The molecule has 0 aromatic heterocycles. The van der Waals surface area contributed by atoms with E-state index in [1.54, 1.807) is 26.0 Å². The van der Waals surface area contributed by atoms with Gasteiger partial charge in [0.1, 0.15) is 12.4 Å². The maximum absolute atomic E-state index is 11.7. The van der Waals surface area contributed by atoms with Gasteiger partial charge in [0.25, 0.3) is 0 Å². The molecule has 0 saturated carbocycles. The topological polar surface area (TPSA) is 81.4 Å². The quantitative estimate of drug-likeness (QED) is 0.808. The Morgan fingerprint density at radius 3 is 2.47 bits per heavy atom. The number of rotatable bonds is 5. The van der Waals surface area contributed by atoms with Gasteiger partial charge in [0.2, 0.25) is 10.0 Å². The fourth-order valence-electron chi connectivity index (χ4n) is 1.49. The molecule has 0 unspecified atom stereocenters. The van der Waals surface area contributed by atoms with Crippen molar-refractivity contribution in [2.75, 3.05) is 20.2 Å². The Bertz CT molecular complexity index is 498. The van der Waals surface area contributed by atoms with Crippen LogP contribution >= 0.6 is 0 Å². The molecule has 0 aliphatic carbocycles. The van der Waals surface area contributed by atoms with Crippen molar-refractivity contribution in [1.82, 2.24) is 4.72 Å². The Kier molecular flexibility index (Phi) is 4.50. The zero-order chi connectivity index (χ0) is 13.1. The van der Waals surface area contributed by atoms with Crippen LogP contribution in [0.15, 0.2) is 17.0 Å². The van der Waals surface area contributed by atoms with Gasteiger partial charge in [-0.25, -0.2) is 13.1 Å². The van der Waals surface area contributed by atoms with Crippen LogP contribution in [0.5, 0.6) is 5.75 Å². The van der Waals surface area contributed by atoms with E-state index in [0.29, 0.717) is 24.5 Å². The maximum Gasteiger partial charge on any atom is 0.240 e.